The molecule has 23 heavy (non-hydrogen) atoms. The van der Waals surface area contributed by atoms with Gasteiger partial charge in [0.2, 0.25) is 0 Å². The lowest BCUT2D eigenvalue weighted by molar-refractivity contribution is 0.0697. The Morgan fingerprint density at radius 1 is 1.43 bits per heavy atom. The van der Waals surface area contributed by atoms with Gasteiger partial charge in [-0.2, -0.15) is 0 Å². The van der Waals surface area contributed by atoms with Crippen molar-refractivity contribution in [1.82, 2.24) is 10.4 Å². The van der Waals surface area contributed by atoms with E-state index in [-0.39, 0.29) is 11.7 Å². The summed E-state index contributed by atoms with van der Waals surface area (Å²) in [6.45, 7) is 1.27. The minimum Gasteiger partial charge on any atom is -0.478 e. The molecule has 7 nitrogen and oxygen atoms in total. The standard InChI is InChI=1S/C16H18N4O3/c1-23-9-8-20-14-5-3-2-4-12(14)15(19-20)18-13-10-17-7-6-11(13)16(21)22/h2-7,10,15,18-19H,8-9H2,1H3,(H,21,22). The number of hydrogen-bond donors (Lipinski definition) is 3. The zero-order valence-corrected chi connectivity index (χ0v) is 12.7. The highest BCUT2D eigenvalue weighted by Gasteiger charge is 2.28. The molecule has 0 radical (unpaired) electrons. The number of carbonyl (C=O) groups is 1. The van der Waals surface area contributed by atoms with Crippen molar-refractivity contribution >= 4 is 17.3 Å². The number of para-hydroxylation sites is 1. The van der Waals surface area contributed by atoms with Crippen LogP contribution < -0.4 is 15.8 Å². The van der Waals surface area contributed by atoms with Gasteiger partial charge in [-0.1, -0.05) is 18.2 Å². The fourth-order valence-electron chi connectivity index (χ4n) is 2.60. The van der Waals surface area contributed by atoms with E-state index in [1.165, 1.54) is 18.5 Å². The highest BCUT2D eigenvalue weighted by Crippen LogP contribution is 2.33. The maximum atomic E-state index is 11.3. The Kier molecular flexibility index (Phi) is 4.40. The average Bonchev–Trinajstić information content (AvgIpc) is 2.91. The van der Waals surface area contributed by atoms with Crippen LogP contribution >= 0.6 is 0 Å². The molecule has 1 aromatic heterocycles. The number of nitrogens with one attached hydrogen (secondary N) is 2. The van der Waals surface area contributed by atoms with Crippen LogP contribution in [0.5, 0.6) is 0 Å². The maximum absolute atomic E-state index is 11.3. The third-order valence-electron chi connectivity index (χ3n) is 3.69. The second-order valence-corrected chi connectivity index (χ2v) is 5.14. The van der Waals surface area contributed by atoms with Crippen LogP contribution in [0, 0.1) is 0 Å². The van der Waals surface area contributed by atoms with E-state index in [4.69, 9.17) is 4.74 Å². The normalized spacial score (nSPS) is 16.2. The summed E-state index contributed by atoms with van der Waals surface area (Å²) in [7, 11) is 1.66. The Hall–Kier alpha value is -2.64. The van der Waals surface area contributed by atoms with Crippen LogP contribution in [-0.2, 0) is 4.74 Å². The number of ether oxygens (including phenoxy) is 1. The number of hydrazine groups is 1. The fourth-order valence-corrected chi connectivity index (χ4v) is 2.60. The largest absolute Gasteiger partial charge is 0.478 e. The fraction of sp³-hybridized carbons (Fsp3) is 0.250. The summed E-state index contributed by atoms with van der Waals surface area (Å²) >= 11 is 0. The number of pyridine rings is 1. The van der Waals surface area contributed by atoms with Gasteiger partial charge in [0, 0.05) is 18.9 Å². The van der Waals surface area contributed by atoms with Gasteiger partial charge in [-0.05, 0) is 12.1 Å². The quantitative estimate of drug-likeness (QED) is 0.750. The van der Waals surface area contributed by atoms with Gasteiger partial charge in [0.1, 0.15) is 6.17 Å². The van der Waals surface area contributed by atoms with Crippen molar-refractivity contribution in [2.75, 3.05) is 30.6 Å². The van der Waals surface area contributed by atoms with Crippen LogP contribution in [0.15, 0.2) is 42.7 Å². The number of rotatable bonds is 6. The Morgan fingerprint density at radius 3 is 3.04 bits per heavy atom. The molecule has 1 atom stereocenters. The van der Waals surface area contributed by atoms with Gasteiger partial charge in [0.05, 0.1) is 36.3 Å². The van der Waals surface area contributed by atoms with Gasteiger partial charge in [-0.15, -0.1) is 0 Å². The molecule has 7 heteroatoms. The molecule has 1 aliphatic heterocycles. The van der Waals surface area contributed by atoms with E-state index < -0.39 is 5.97 Å². The van der Waals surface area contributed by atoms with E-state index in [1.807, 2.05) is 29.3 Å². The SMILES string of the molecule is COCCN1NC(Nc2cnccc2C(=O)O)c2ccccc21. The molecular formula is C16H18N4O3. The third-order valence-corrected chi connectivity index (χ3v) is 3.69. The predicted molar refractivity (Wildman–Crippen MR) is 86.4 cm³/mol. The molecule has 3 rings (SSSR count). The second-order valence-electron chi connectivity index (χ2n) is 5.14. The van der Waals surface area contributed by atoms with Crippen LogP contribution in [0.1, 0.15) is 22.1 Å². The first-order valence-corrected chi connectivity index (χ1v) is 7.26. The molecule has 0 aliphatic carbocycles. The van der Waals surface area contributed by atoms with E-state index in [0.29, 0.717) is 18.8 Å². The van der Waals surface area contributed by atoms with Gasteiger partial charge in [-0.3, -0.25) is 4.98 Å². The maximum Gasteiger partial charge on any atom is 0.337 e. The molecule has 3 N–H and O–H groups in total. The lowest BCUT2D eigenvalue weighted by Crippen LogP contribution is -2.39. The van der Waals surface area contributed by atoms with E-state index in [0.717, 1.165) is 11.3 Å². The van der Waals surface area contributed by atoms with Crippen molar-refractivity contribution in [2.24, 2.45) is 0 Å². The summed E-state index contributed by atoms with van der Waals surface area (Å²) in [5, 5.41) is 14.5. The van der Waals surface area contributed by atoms with Gasteiger partial charge in [0.25, 0.3) is 0 Å². The zero-order chi connectivity index (χ0) is 16.2. The number of anilines is 2. The number of carboxylic acids is 1. The molecule has 120 valence electrons. The van der Waals surface area contributed by atoms with Gasteiger partial charge >= 0.3 is 5.97 Å². The Bertz CT molecular complexity index is 707. The number of carboxylic acid groups (broad SMARTS) is 1. The number of methoxy groups -OCH3 is 1. The monoisotopic (exact) mass is 314 g/mol. The van der Waals surface area contributed by atoms with Crippen molar-refractivity contribution in [3.63, 3.8) is 0 Å². The van der Waals surface area contributed by atoms with E-state index in [2.05, 4.69) is 15.7 Å². The summed E-state index contributed by atoms with van der Waals surface area (Å²) in [5.74, 6) is -0.988. The highest BCUT2D eigenvalue weighted by atomic mass is 16.5. The van der Waals surface area contributed by atoms with Crippen LogP contribution in [0.2, 0.25) is 0 Å². The summed E-state index contributed by atoms with van der Waals surface area (Å²) in [6, 6.07) is 9.42. The molecule has 0 amide bonds. The molecular weight excluding hydrogens is 296 g/mol. The number of benzene rings is 1. The van der Waals surface area contributed by atoms with Crippen LogP contribution in [0.3, 0.4) is 0 Å². The predicted octanol–water partition coefficient (Wildman–Crippen LogP) is 1.86. The minimum absolute atomic E-state index is 0.189. The number of aromatic carboxylic acids is 1. The van der Waals surface area contributed by atoms with Gasteiger partial charge in [0.15, 0.2) is 0 Å². The van der Waals surface area contributed by atoms with E-state index in [9.17, 15) is 9.90 Å². The smallest absolute Gasteiger partial charge is 0.337 e. The lowest BCUT2D eigenvalue weighted by Gasteiger charge is -2.21. The number of hydrogen-bond acceptors (Lipinski definition) is 6. The zero-order valence-electron chi connectivity index (χ0n) is 12.7. The Balaban J connectivity index is 1.86. The minimum atomic E-state index is -0.988. The molecule has 0 saturated carbocycles. The molecule has 1 aromatic carbocycles. The summed E-state index contributed by atoms with van der Waals surface area (Å²) in [5.41, 5.74) is 6.08. The van der Waals surface area contributed by atoms with Crippen molar-refractivity contribution in [3.8, 4) is 0 Å². The van der Waals surface area contributed by atoms with Gasteiger partial charge < -0.3 is 20.2 Å². The summed E-state index contributed by atoms with van der Waals surface area (Å²) in [4.78, 5) is 15.3. The molecule has 1 unspecified atom stereocenters. The average molecular weight is 314 g/mol. The lowest BCUT2D eigenvalue weighted by atomic mass is 10.1. The summed E-state index contributed by atoms with van der Waals surface area (Å²) < 4.78 is 5.13. The van der Waals surface area contributed by atoms with Crippen molar-refractivity contribution in [2.45, 2.75) is 6.17 Å². The molecule has 0 spiro atoms. The Labute approximate surface area is 133 Å². The number of aromatic nitrogens is 1. The molecule has 1 aliphatic rings. The van der Waals surface area contributed by atoms with Crippen LogP contribution in [-0.4, -0.2) is 36.3 Å². The topological polar surface area (TPSA) is 86.7 Å². The first-order chi connectivity index (χ1) is 11.2. The molecule has 2 heterocycles. The molecule has 0 saturated heterocycles. The van der Waals surface area contributed by atoms with Crippen molar-refractivity contribution in [1.29, 1.82) is 0 Å². The Morgan fingerprint density at radius 2 is 2.26 bits per heavy atom. The summed E-state index contributed by atoms with van der Waals surface area (Å²) in [6.07, 6.45) is 2.76. The molecule has 2 aromatic rings. The van der Waals surface area contributed by atoms with Crippen LogP contribution in [0.4, 0.5) is 11.4 Å². The number of fused-ring (bicyclic) bond motifs is 1. The molecule has 0 fully saturated rings. The first kappa shape index (κ1) is 15.3. The van der Waals surface area contributed by atoms with Gasteiger partial charge in [-0.25, -0.2) is 10.2 Å². The second kappa shape index (κ2) is 6.64. The van der Waals surface area contributed by atoms with Crippen LogP contribution in [0.25, 0.3) is 0 Å². The van der Waals surface area contributed by atoms with E-state index >= 15 is 0 Å². The highest BCUT2D eigenvalue weighted by molar-refractivity contribution is 5.94. The van der Waals surface area contributed by atoms with Crippen molar-refractivity contribution in [3.05, 3.63) is 53.9 Å². The number of nitrogens with zero attached hydrogens (tertiary/aromatic N) is 2. The first-order valence-electron chi connectivity index (χ1n) is 7.26. The van der Waals surface area contributed by atoms with Crippen molar-refractivity contribution < 1.29 is 14.6 Å². The molecule has 0 bridgehead atoms. The third kappa shape index (κ3) is 3.10. The van der Waals surface area contributed by atoms with E-state index in [1.54, 1.807) is 7.11 Å².